The van der Waals surface area contributed by atoms with Gasteiger partial charge in [0.05, 0.1) is 0 Å². The molecule has 19 heavy (non-hydrogen) atoms. The van der Waals surface area contributed by atoms with Crippen LogP contribution in [0.5, 0.6) is 0 Å². The molecule has 1 aliphatic carbocycles. The van der Waals surface area contributed by atoms with Gasteiger partial charge in [-0.05, 0) is 48.9 Å². The van der Waals surface area contributed by atoms with Crippen molar-refractivity contribution in [2.75, 3.05) is 6.54 Å². The lowest BCUT2D eigenvalue weighted by Gasteiger charge is -2.08. The molecule has 3 nitrogen and oxygen atoms in total. The van der Waals surface area contributed by atoms with Gasteiger partial charge in [-0.1, -0.05) is 11.6 Å². The number of aromatic nitrogens is 1. The van der Waals surface area contributed by atoms with Gasteiger partial charge in [-0.3, -0.25) is 4.79 Å². The minimum atomic E-state index is 0.167. The van der Waals surface area contributed by atoms with Crippen molar-refractivity contribution in [3.63, 3.8) is 0 Å². The quantitative estimate of drug-likeness (QED) is 0.865. The summed E-state index contributed by atoms with van der Waals surface area (Å²) in [6.07, 6.45) is 5.78. The average molecular weight is 277 g/mol. The highest BCUT2D eigenvalue weighted by Gasteiger charge is 2.24. The number of aromatic amines is 1. The van der Waals surface area contributed by atoms with Crippen LogP contribution in [0.4, 0.5) is 0 Å². The number of hydrogen-bond donors (Lipinski definition) is 2. The number of carbonyl (C=O) groups excluding carboxylic acids is 1. The van der Waals surface area contributed by atoms with Gasteiger partial charge in [-0.15, -0.1) is 0 Å². The van der Waals surface area contributed by atoms with Crippen LogP contribution < -0.4 is 5.32 Å². The van der Waals surface area contributed by atoms with E-state index in [2.05, 4.69) is 10.3 Å². The third kappa shape index (κ3) is 2.92. The predicted octanol–water partition coefficient (Wildman–Crippen LogP) is 3.28. The number of fused-ring (bicyclic) bond motifs is 1. The fourth-order valence-electron chi connectivity index (χ4n) is 2.41. The summed E-state index contributed by atoms with van der Waals surface area (Å²) in [7, 11) is 0. The molecular formula is C15H17ClN2O. The van der Waals surface area contributed by atoms with Crippen molar-refractivity contribution in [1.29, 1.82) is 0 Å². The molecule has 0 atom stereocenters. The molecule has 3 rings (SSSR count). The van der Waals surface area contributed by atoms with Crippen LogP contribution in [0.3, 0.4) is 0 Å². The van der Waals surface area contributed by atoms with E-state index in [1.807, 2.05) is 24.4 Å². The lowest BCUT2D eigenvalue weighted by molar-refractivity contribution is -0.121. The Morgan fingerprint density at radius 2 is 2.21 bits per heavy atom. The number of carbonyl (C=O) groups is 1. The Morgan fingerprint density at radius 1 is 1.37 bits per heavy atom. The maximum atomic E-state index is 11.6. The first-order chi connectivity index (χ1) is 9.24. The summed E-state index contributed by atoms with van der Waals surface area (Å²) in [6.45, 7) is 0.648. The van der Waals surface area contributed by atoms with Crippen LogP contribution in [0.2, 0.25) is 5.02 Å². The fraction of sp³-hybridized carbons (Fsp3) is 0.400. The van der Waals surface area contributed by atoms with Crippen molar-refractivity contribution in [3.8, 4) is 0 Å². The Balaban J connectivity index is 1.62. The van der Waals surface area contributed by atoms with Crippen LogP contribution in [0.25, 0.3) is 10.9 Å². The van der Waals surface area contributed by atoms with Crippen LogP contribution in [0.1, 0.15) is 24.8 Å². The summed E-state index contributed by atoms with van der Waals surface area (Å²) in [6, 6.07) is 5.91. The Morgan fingerprint density at radius 3 is 3.00 bits per heavy atom. The molecule has 1 fully saturated rings. The lowest BCUT2D eigenvalue weighted by Crippen LogP contribution is -2.25. The second-order valence-electron chi connectivity index (χ2n) is 5.21. The zero-order valence-electron chi connectivity index (χ0n) is 10.7. The maximum absolute atomic E-state index is 11.6. The molecule has 4 heteroatoms. The Kier molecular flexibility index (Phi) is 3.47. The molecule has 0 spiro atoms. The molecule has 0 radical (unpaired) electrons. The number of H-pyrrole nitrogens is 1. The molecule has 0 aliphatic heterocycles. The van der Waals surface area contributed by atoms with Gasteiger partial charge >= 0.3 is 0 Å². The summed E-state index contributed by atoms with van der Waals surface area (Å²) >= 11 is 6.24. The van der Waals surface area contributed by atoms with Crippen molar-refractivity contribution < 1.29 is 4.79 Å². The van der Waals surface area contributed by atoms with E-state index >= 15 is 0 Å². The number of amides is 1. The molecule has 1 saturated carbocycles. The highest BCUT2D eigenvalue weighted by Crippen LogP contribution is 2.32. The second kappa shape index (κ2) is 5.25. The van der Waals surface area contributed by atoms with Gasteiger partial charge in [-0.25, -0.2) is 0 Å². The number of halogens is 1. The van der Waals surface area contributed by atoms with Crippen LogP contribution in [-0.4, -0.2) is 17.4 Å². The van der Waals surface area contributed by atoms with Gasteiger partial charge in [0.25, 0.3) is 0 Å². The molecule has 2 aromatic rings. The minimum absolute atomic E-state index is 0.167. The van der Waals surface area contributed by atoms with E-state index in [-0.39, 0.29) is 5.91 Å². The molecule has 1 aromatic heterocycles. The highest BCUT2D eigenvalue weighted by molar-refractivity contribution is 6.32. The largest absolute Gasteiger partial charge is 0.361 e. The normalized spacial score (nSPS) is 14.8. The fourth-order valence-corrected chi connectivity index (χ4v) is 2.67. The van der Waals surface area contributed by atoms with Crippen LogP contribution in [0.15, 0.2) is 24.4 Å². The molecule has 2 N–H and O–H groups in total. The van der Waals surface area contributed by atoms with E-state index in [0.717, 1.165) is 27.9 Å². The van der Waals surface area contributed by atoms with E-state index in [1.165, 1.54) is 12.8 Å². The minimum Gasteiger partial charge on any atom is -0.361 e. The smallest absolute Gasteiger partial charge is 0.220 e. The van der Waals surface area contributed by atoms with Gasteiger partial charge in [0.15, 0.2) is 0 Å². The summed E-state index contributed by atoms with van der Waals surface area (Å²) in [5.74, 6) is 0.802. The monoisotopic (exact) mass is 276 g/mol. The molecule has 0 unspecified atom stereocenters. The van der Waals surface area contributed by atoms with Gasteiger partial charge in [0.2, 0.25) is 5.91 Å². The lowest BCUT2D eigenvalue weighted by atomic mass is 10.1. The van der Waals surface area contributed by atoms with Crippen molar-refractivity contribution in [2.45, 2.75) is 25.7 Å². The Labute approximate surface area is 117 Å². The van der Waals surface area contributed by atoms with E-state index in [9.17, 15) is 4.79 Å². The third-order valence-corrected chi connectivity index (χ3v) is 4.01. The SMILES string of the molecule is O=C(CC1CC1)NCCc1c(Cl)ccc2[nH]ccc12. The predicted molar refractivity (Wildman–Crippen MR) is 77.4 cm³/mol. The molecule has 0 bridgehead atoms. The van der Waals surface area contributed by atoms with Gasteiger partial charge in [0, 0.05) is 35.1 Å². The summed E-state index contributed by atoms with van der Waals surface area (Å²) in [5, 5.41) is 4.89. The van der Waals surface area contributed by atoms with Crippen LogP contribution >= 0.6 is 11.6 Å². The number of nitrogens with one attached hydrogen (secondary N) is 2. The van der Waals surface area contributed by atoms with E-state index in [4.69, 9.17) is 11.6 Å². The molecule has 1 aliphatic rings. The molecule has 100 valence electrons. The molecule has 1 heterocycles. The number of hydrogen-bond acceptors (Lipinski definition) is 1. The number of rotatable bonds is 5. The number of benzene rings is 1. The summed E-state index contributed by atoms with van der Waals surface area (Å²) in [5.41, 5.74) is 2.19. The van der Waals surface area contributed by atoms with Gasteiger partial charge in [-0.2, -0.15) is 0 Å². The van der Waals surface area contributed by atoms with Crippen LogP contribution in [0, 0.1) is 5.92 Å². The van der Waals surface area contributed by atoms with Gasteiger partial charge < -0.3 is 10.3 Å². The van der Waals surface area contributed by atoms with E-state index in [1.54, 1.807) is 0 Å². The third-order valence-electron chi connectivity index (χ3n) is 3.66. The van der Waals surface area contributed by atoms with Crippen molar-refractivity contribution in [1.82, 2.24) is 10.3 Å². The van der Waals surface area contributed by atoms with Gasteiger partial charge in [0.1, 0.15) is 0 Å². The summed E-state index contributed by atoms with van der Waals surface area (Å²) in [4.78, 5) is 14.8. The molecule has 0 saturated heterocycles. The van der Waals surface area contributed by atoms with Crippen molar-refractivity contribution >= 4 is 28.4 Å². The summed E-state index contributed by atoms with van der Waals surface area (Å²) < 4.78 is 0. The maximum Gasteiger partial charge on any atom is 0.220 e. The Hall–Kier alpha value is -1.48. The average Bonchev–Trinajstić information content (AvgIpc) is 3.06. The first-order valence-corrected chi connectivity index (χ1v) is 7.13. The van der Waals surface area contributed by atoms with Crippen molar-refractivity contribution in [2.24, 2.45) is 5.92 Å². The topological polar surface area (TPSA) is 44.9 Å². The molecule has 1 aromatic carbocycles. The first-order valence-electron chi connectivity index (χ1n) is 6.75. The molecule has 1 amide bonds. The van der Waals surface area contributed by atoms with E-state index in [0.29, 0.717) is 18.9 Å². The zero-order chi connectivity index (χ0) is 13.2. The highest BCUT2D eigenvalue weighted by atomic mass is 35.5. The molecular weight excluding hydrogens is 260 g/mol. The zero-order valence-corrected chi connectivity index (χ0v) is 11.5. The van der Waals surface area contributed by atoms with Crippen molar-refractivity contribution in [3.05, 3.63) is 35.0 Å². The Bertz CT molecular complexity index is 601. The standard InChI is InChI=1S/C15H17ClN2O/c16-13-3-4-14-12(6-7-17-14)11(13)5-8-18-15(19)9-10-1-2-10/h3-4,6-7,10,17H,1-2,5,8-9H2,(H,18,19). The van der Waals surface area contributed by atoms with E-state index < -0.39 is 0 Å². The second-order valence-corrected chi connectivity index (χ2v) is 5.62. The first kappa shape index (κ1) is 12.5. The van der Waals surface area contributed by atoms with Crippen LogP contribution in [-0.2, 0) is 11.2 Å².